The van der Waals surface area contributed by atoms with E-state index in [1.807, 2.05) is 0 Å². The van der Waals surface area contributed by atoms with Crippen LogP contribution >= 0.6 is 0 Å². The summed E-state index contributed by atoms with van der Waals surface area (Å²) in [6, 6.07) is 1.28. The number of hydrogen-bond acceptors (Lipinski definition) is 3. The zero-order chi connectivity index (χ0) is 11.9. The molecule has 0 bridgehead atoms. The quantitative estimate of drug-likeness (QED) is 0.688. The first-order valence-electron chi connectivity index (χ1n) is 4.63. The average molecular weight is 224 g/mol. The Morgan fingerprint density at radius 1 is 1.47 bits per heavy atom. The summed E-state index contributed by atoms with van der Waals surface area (Å²) in [6.07, 6.45) is -4.45. The lowest BCUT2D eigenvalue weighted by atomic mass is 10.1. The summed E-state index contributed by atoms with van der Waals surface area (Å²) < 4.78 is 41.5. The first-order chi connectivity index (χ1) is 6.95. The van der Waals surface area contributed by atoms with Gasteiger partial charge in [-0.05, 0) is 6.54 Å². The van der Waals surface area contributed by atoms with Gasteiger partial charge in [0.05, 0.1) is 12.7 Å². The number of nitrogens with zero attached hydrogens (tertiary/aromatic N) is 2. The van der Waals surface area contributed by atoms with Crippen molar-refractivity contribution in [3.05, 3.63) is 0 Å². The van der Waals surface area contributed by atoms with Crippen LogP contribution in [-0.2, 0) is 4.74 Å². The Morgan fingerprint density at radius 2 is 2.07 bits per heavy atom. The maximum atomic E-state index is 12.3. The molecule has 0 aliphatic carbocycles. The molecule has 0 aliphatic rings. The Kier molecular flexibility index (Phi) is 6.29. The average Bonchev–Trinajstić information content (AvgIpc) is 2.16. The van der Waals surface area contributed by atoms with Gasteiger partial charge in [0.2, 0.25) is 0 Å². The monoisotopic (exact) mass is 224 g/mol. The van der Waals surface area contributed by atoms with Gasteiger partial charge in [-0.3, -0.25) is 4.90 Å². The molecule has 88 valence electrons. The molecule has 0 N–H and O–H groups in total. The van der Waals surface area contributed by atoms with Crippen LogP contribution in [0.25, 0.3) is 0 Å². The third kappa shape index (κ3) is 5.60. The van der Waals surface area contributed by atoms with E-state index in [1.165, 1.54) is 13.2 Å². The summed E-state index contributed by atoms with van der Waals surface area (Å²) in [4.78, 5) is 1.55. The van der Waals surface area contributed by atoms with Crippen molar-refractivity contribution >= 4 is 0 Å². The molecule has 6 heteroatoms. The molecule has 0 aliphatic heterocycles. The summed E-state index contributed by atoms with van der Waals surface area (Å²) in [6.45, 7) is 2.70. The van der Waals surface area contributed by atoms with E-state index in [0.717, 1.165) is 0 Å². The lowest BCUT2D eigenvalue weighted by molar-refractivity contribution is -0.163. The SMILES string of the molecule is CCN(CCOC)CC(C#N)C(F)(F)F. The molecule has 0 aromatic rings. The zero-order valence-corrected chi connectivity index (χ0v) is 8.84. The van der Waals surface area contributed by atoms with Crippen LogP contribution < -0.4 is 0 Å². The third-order valence-electron chi connectivity index (χ3n) is 2.05. The summed E-state index contributed by atoms with van der Waals surface area (Å²) in [5.74, 6) is -1.92. The summed E-state index contributed by atoms with van der Waals surface area (Å²) in [7, 11) is 1.49. The first kappa shape index (κ1) is 14.2. The summed E-state index contributed by atoms with van der Waals surface area (Å²) in [5.41, 5.74) is 0. The standard InChI is InChI=1S/C9H15F3N2O/c1-3-14(4-5-15-2)7-8(6-13)9(10,11)12/h8H,3-5,7H2,1-2H3. The van der Waals surface area contributed by atoms with Crippen LogP contribution in [-0.4, -0.2) is 44.4 Å². The van der Waals surface area contributed by atoms with E-state index in [-0.39, 0.29) is 6.54 Å². The molecule has 0 amide bonds. The van der Waals surface area contributed by atoms with Crippen LogP contribution in [0.1, 0.15) is 6.92 Å². The normalized spacial score (nSPS) is 13.9. The second-order valence-corrected chi connectivity index (χ2v) is 3.11. The fourth-order valence-electron chi connectivity index (χ4n) is 1.07. The van der Waals surface area contributed by atoms with Gasteiger partial charge in [-0.15, -0.1) is 0 Å². The number of rotatable bonds is 6. The molecule has 1 unspecified atom stereocenters. The second kappa shape index (κ2) is 6.64. The van der Waals surface area contributed by atoms with E-state index in [1.54, 1.807) is 11.8 Å². The molecule has 0 spiro atoms. The van der Waals surface area contributed by atoms with Gasteiger partial charge < -0.3 is 4.74 Å². The Hall–Kier alpha value is -0.800. The second-order valence-electron chi connectivity index (χ2n) is 3.11. The van der Waals surface area contributed by atoms with Gasteiger partial charge in [-0.25, -0.2) is 0 Å². The van der Waals surface area contributed by atoms with Crippen molar-refractivity contribution in [3.63, 3.8) is 0 Å². The maximum Gasteiger partial charge on any atom is 0.405 e. The smallest absolute Gasteiger partial charge is 0.383 e. The Balaban J connectivity index is 4.20. The van der Waals surface area contributed by atoms with Crippen molar-refractivity contribution in [3.8, 4) is 6.07 Å². The molecule has 0 aromatic carbocycles. The fraction of sp³-hybridized carbons (Fsp3) is 0.889. The van der Waals surface area contributed by atoms with E-state index in [4.69, 9.17) is 10.00 Å². The molecular weight excluding hydrogens is 209 g/mol. The van der Waals surface area contributed by atoms with Crippen LogP contribution in [0.5, 0.6) is 0 Å². The molecule has 0 rings (SSSR count). The number of methoxy groups -OCH3 is 1. The molecule has 0 heterocycles. The molecule has 0 fully saturated rings. The van der Waals surface area contributed by atoms with Crippen molar-refractivity contribution in [2.45, 2.75) is 13.1 Å². The van der Waals surface area contributed by atoms with Gasteiger partial charge in [0.25, 0.3) is 0 Å². The van der Waals surface area contributed by atoms with Gasteiger partial charge in [0, 0.05) is 20.2 Å². The van der Waals surface area contributed by atoms with Crippen LogP contribution in [0.4, 0.5) is 13.2 Å². The topological polar surface area (TPSA) is 36.3 Å². The highest BCUT2D eigenvalue weighted by Gasteiger charge is 2.40. The number of ether oxygens (including phenoxy) is 1. The minimum absolute atomic E-state index is 0.292. The Labute approximate surface area is 87.4 Å². The van der Waals surface area contributed by atoms with E-state index in [9.17, 15) is 13.2 Å². The molecular formula is C9H15F3N2O. The van der Waals surface area contributed by atoms with Crippen molar-refractivity contribution in [1.82, 2.24) is 4.90 Å². The van der Waals surface area contributed by atoms with Crippen molar-refractivity contribution < 1.29 is 17.9 Å². The van der Waals surface area contributed by atoms with E-state index >= 15 is 0 Å². The molecule has 3 nitrogen and oxygen atoms in total. The number of likely N-dealkylation sites (N-methyl/N-ethyl adjacent to an activating group) is 1. The number of alkyl halides is 3. The Morgan fingerprint density at radius 3 is 2.40 bits per heavy atom. The zero-order valence-electron chi connectivity index (χ0n) is 8.84. The predicted molar refractivity (Wildman–Crippen MR) is 49.1 cm³/mol. The highest BCUT2D eigenvalue weighted by Crippen LogP contribution is 2.26. The third-order valence-corrected chi connectivity index (χ3v) is 2.05. The number of hydrogen-bond donors (Lipinski definition) is 0. The van der Waals surface area contributed by atoms with E-state index < -0.39 is 12.1 Å². The van der Waals surface area contributed by atoms with Crippen LogP contribution in [0, 0.1) is 17.2 Å². The lowest BCUT2D eigenvalue weighted by Gasteiger charge is -2.23. The number of halogens is 3. The lowest BCUT2D eigenvalue weighted by Crippen LogP contribution is -2.37. The summed E-state index contributed by atoms with van der Waals surface area (Å²) in [5, 5.41) is 8.40. The Bertz CT molecular complexity index is 212. The van der Waals surface area contributed by atoms with Crippen molar-refractivity contribution in [2.24, 2.45) is 5.92 Å². The van der Waals surface area contributed by atoms with Gasteiger partial charge >= 0.3 is 6.18 Å². The molecule has 0 saturated carbocycles. The van der Waals surface area contributed by atoms with Crippen LogP contribution in [0.2, 0.25) is 0 Å². The predicted octanol–water partition coefficient (Wildman–Crippen LogP) is 1.66. The molecule has 0 saturated heterocycles. The maximum absolute atomic E-state index is 12.3. The fourth-order valence-corrected chi connectivity index (χ4v) is 1.07. The largest absolute Gasteiger partial charge is 0.405 e. The van der Waals surface area contributed by atoms with E-state index in [0.29, 0.717) is 19.7 Å². The highest BCUT2D eigenvalue weighted by atomic mass is 19.4. The van der Waals surface area contributed by atoms with E-state index in [2.05, 4.69) is 0 Å². The molecule has 1 atom stereocenters. The molecule has 0 radical (unpaired) electrons. The van der Waals surface area contributed by atoms with Crippen LogP contribution in [0.3, 0.4) is 0 Å². The van der Waals surface area contributed by atoms with Crippen molar-refractivity contribution in [1.29, 1.82) is 5.26 Å². The minimum atomic E-state index is -4.45. The van der Waals surface area contributed by atoms with Crippen LogP contribution in [0.15, 0.2) is 0 Å². The highest BCUT2D eigenvalue weighted by molar-refractivity contribution is 4.90. The van der Waals surface area contributed by atoms with Crippen molar-refractivity contribution in [2.75, 3.05) is 33.4 Å². The van der Waals surface area contributed by atoms with Gasteiger partial charge in [0.15, 0.2) is 5.92 Å². The summed E-state index contributed by atoms with van der Waals surface area (Å²) >= 11 is 0. The minimum Gasteiger partial charge on any atom is -0.383 e. The molecule has 0 aromatic heterocycles. The van der Waals surface area contributed by atoms with Gasteiger partial charge in [-0.2, -0.15) is 18.4 Å². The van der Waals surface area contributed by atoms with Gasteiger partial charge in [0.1, 0.15) is 0 Å². The first-order valence-corrected chi connectivity index (χ1v) is 4.63. The molecule has 15 heavy (non-hydrogen) atoms. The van der Waals surface area contributed by atoms with Gasteiger partial charge in [-0.1, -0.05) is 6.92 Å². The number of nitriles is 1.